The molecule has 0 aliphatic carbocycles. The lowest BCUT2D eigenvalue weighted by Crippen LogP contribution is -2.38. The summed E-state index contributed by atoms with van der Waals surface area (Å²) in [6.07, 6.45) is 1.14. The molecule has 0 saturated heterocycles. The summed E-state index contributed by atoms with van der Waals surface area (Å²) in [7, 11) is -3.33. The van der Waals surface area contributed by atoms with Crippen LogP contribution in [0.3, 0.4) is 0 Å². The zero-order valence-corrected chi connectivity index (χ0v) is 16.2. The largest absolute Gasteiger partial charge is 0.357 e. The number of nitrogens with one attached hydrogen (secondary N) is 3. The Balaban J connectivity index is 2.14. The van der Waals surface area contributed by atoms with E-state index >= 15 is 0 Å². The van der Waals surface area contributed by atoms with Crippen molar-refractivity contribution < 1.29 is 8.42 Å². The molecule has 0 aliphatic rings. The Bertz CT molecular complexity index is 836. The quantitative estimate of drug-likeness (QED) is 0.514. The maximum absolute atomic E-state index is 11.5. The van der Waals surface area contributed by atoms with E-state index in [-0.39, 0.29) is 6.04 Å². The predicted molar refractivity (Wildman–Crippen MR) is 108 cm³/mol. The summed E-state index contributed by atoms with van der Waals surface area (Å²) in [5, 5.41) is 6.59. The highest BCUT2D eigenvalue weighted by atomic mass is 32.2. The number of rotatable bonds is 7. The van der Waals surface area contributed by atoms with Crippen molar-refractivity contribution in [2.45, 2.75) is 26.4 Å². The van der Waals surface area contributed by atoms with Gasteiger partial charge in [-0.05, 0) is 31.0 Å². The Morgan fingerprint density at radius 3 is 2.38 bits per heavy atom. The van der Waals surface area contributed by atoms with Crippen molar-refractivity contribution in [1.29, 1.82) is 0 Å². The van der Waals surface area contributed by atoms with Crippen molar-refractivity contribution in [3.8, 4) is 0 Å². The van der Waals surface area contributed by atoms with Gasteiger partial charge in [0.25, 0.3) is 0 Å². The molecule has 2 aromatic carbocycles. The van der Waals surface area contributed by atoms with Crippen LogP contribution in [0.2, 0.25) is 0 Å². The molecular formula is C19H26N4O2S. The zero-order valence-electron chi connectivity index (χ0n) is 15.4. The van der Waals surface area contributed by atoms with Crippen LogP contribution in [0.25, 0.3) is 0 Å². The number of anilines is 1. The second kappa shape index (κ2) is 9.24. The molecule has 1 atom stereocenters. The van der Waals surface area contributed by atoms with E-state index in [4.69, 9.17) is 0 Å². The van der Waals surface area contributed by atoms with Crippen LogP contribution >= 0.6 is 0 Å². The van der Waals surface area contributed by atoms with E-state index in [9.17, 15) is 8.42 Å². The second-order valence-electron chi connectivity index (χ2n) is 6.00. The first-order valence-corrected chi connectivity index (χ1v) is 10.4. The van der Waals surface area contributed by atoms with Gasteiger partial charge < -0.3 is 10.6 Å². The molecule has 2 rings (SSSR count). The van der Waals surface area contributed by atoms with Gasteiger partial charge in [-0.3, -0.25) is 4.72 Å². The minimum absolute atomic E-state index is 0.0957. The molecule has 6 nitrogen and oxygen atoms in total. The van der Waals surface area contributed by atoms with E-state index in [2.05, 4.69) is 39.4 Å². The monoisotopic (exact) mass is 374 g/mol. The normalized spacial score (nSPS) is 13.1. The Hall–Kier alpha value is -2.54. The van der Waals surface area contributed by atoms with Crippen LogP contribution in [0.1, 0.15) is 31.0 Å². The standard InChI is InChI=1S/C19H26N4O2S/c1-4-20-19(22-15(2)16-10-6-5-7-11-16)21-14-17-12-8-9-13-18(17)23-26(3,24)25/h5-13,15,23H,4,14H2,1-3H3,(H2,20,21,22). The Labute approximate surface area is 155 Å². The summed E-state index contributed by atoms with van der Waals surface area (Å²) in [5.74, 6) is 0.679. The highest BCUT2D eigenvalue weighted by Crippen LogP contribution is 2.17. The van der Waals surface area contributed by atoms with Gasteiger partial charge in [-0.25, -0.2) is 13.4 Å². The third-order valence-corrected chi connectivity index (χ3v) is 4.31. The molecule has 0 spiro atoms. The van der Waals surface area contributed by atoms with Crippen molar-refractivity contribution in [1.82, 2.24) is 10.6 Å². The van der Waals surface area contributed by atoms with Crippen molar-refractivity contribution in [3.05, 3.63) is 65.7 Å². The minimum atomic E-state index is -3.33. The molecule has 0 radical (unpaired) electrons. The Morgan fingerprint density at radius 1 is 1.08 bits per heavy atom. The molecule has 2 aromatic rings. The van der Waals surface area contributed by atoms with E-state index in [0.29, 0.717) is 18.2 Å². The molecule has 0 aromatic heterocycles. The summed E-state index contributed by atoms with van der Waals surface area (Å²) < 4.78 is 25.6. The Kier molecular flexibility index (Phi) is 7.03. The third kappa shape index (κ3) is 6.40. The SMILES string of the molecule is CCNC(=NCc1ccccc1NS(C)(=O)=O)NC(C)c1ccccc1. The summed E-state index contributed by atoms with van der Waals surface area (Å²) in [6.45, 7) is 5.16. The van der Waals surface area contributed by atoms with Crippen LogP contribution in [-0.2, 0) is 16.6 Å². The highest BCUT2D eigenvalue weighted by molar-refractivity contribution is 7.92. The van der Waals surface area contributed by atoms with Crippen molar-refractivity contribution in [3.63, 3.8) is 0 Å². The molecule has 3 N–H and O–H groups in total. The maximum Gasteiger partial charge on any atom is 0.229 e. The lowest BCUT2D eigenvalue weighted by atomic mass is 10.1. The van der Waals surface area contributed by atoms with Gasteiger partial charge in [-0.15, -0.1) is 0 Å². The van der Waals surface area contributed by atoms with E-state index in [1.807, 2.05) is 37.3 Å². The molecule has 1 unspecified atom stereocenters. The van der Waals surface area contributed by atoms with Crippen molar-refractivity contribution in [2.24, 2.45) is 4.99 Å². The number of hydrogen-bond acceptors (Lipinski definition) is 3. The van der Waals surface area contributed by atoms with Gasteiger partial charge in [0.1, 0.15) is 0 Å². The molecular weight excluding hydrogens is 348 g/mol. The molecule has 0 fully saturated rings. The highest BCUT2D eigenvalue weighted by Gasteiger charge is 2.09. The molecule has 0 saturated carbocycles. The van der Waals surface area contributed by atoms with Gasteiger partial charge in [0.2, 0.25) is 10.0 Å². The predicted octanol–water partition coefficient (Wildman–Crippen LogP) is 2.87. The first-order chi connectivity index (χ1) is 12.4. The van der Waals surface area contributed by atoms with E-state index < -0.39 is 10.0 Å². The molecule has 0 amide bonds. The molecule has 26 heavy (non-hydrogen) atoms. The van der Waals surface area contributed by atoms with E-state index in [1.54, 1.807) is 12.1 Å². The van der Waals surface area contributed by atoms with Crippen LogP contribution in [0.4, 0.5) is 5.69 Å². The average molecular weight is 375 g/mol. The third-order valence-electron chi connectivity index (χ3n) is 3.72. The molecule has 7 heteroatoms. The van der Waals surface area contributed by atoms with Gasteiger partial charge in [0.15, 0.2) is 5.96 Å². The first kappa shape index (κ1) is 19.8. The van der Waals surface area contributed by atoms with Gasteiger partial charge in [-0.1, -0.05) is 48.5 Å². The van der Waals surface area contributed by atoms with Crippen LogP contribution in [0, 0.1) is 0 Å². The van der Waals surface area contributed by atoms with Crippen LogP contribution in [0.5, 0.6) is 0 Å². The number of benzene rings is 2. The van der Waals surface area contributed by atoms with Crippen LogP contribution in [0.15, 0.2) is 59.6 Å². The molecule has 0 aliphatic heterocycles. The smallest absolute Gasteiger partial charge is 0.229 e. The summed E-state index contributed by atoms with van der Waals surface area (Å²) in [5.41, 5.74) is 2.52. The van der Waals surface area contributed by atoms with E-state index in [1.165, 1.54) is 0 Å². The Morgan fingerprint density at radius 2 is 1.73 bits per heavy atom. The number of guanidine groups is 1. The number of nitrogens with zero attached hydrogens (tertiary/aromatic N) is 1. The van der Waals surface area contributed by atoms with Gasteiger partial charge >= 0.3 is 0 Å². The summed E-state index contributed by atoms with van der Waals surface area (Å²) in [4.78, 5) is 4.60. The number of aliphatic imine (C=N–C) groups is 1. The fourth-order valence-electron chi connectivity index (χ4n) is 2.47. The first-order valence-electron chi connectivity index (χ1n) is 8.54. The van der Waals surface area contributed by atoms with Crippen LogP contribution in [-0.4, -0.2) is 27.2 Å². The van der Waals surface area contributed by atoms with Gasteiger partial charge in [0, 0.05) is 6.54 Å². The summed E-state index contributed by atoms with van der Waals surface area (Å²) in [6, 6.07) is 17.5. The molecule has 0 bridgehead atoms. The average Bonchev–Trinajstić information content (AvgIpc) is 2.60. The lowest BCUT2D eigenvalue weighted by molar-refractivity contribution is 0.606. The number of sulfonamides is 1. The van der Waals surface area contributed by atoms with Gasteiger partial charge in [0.05, 0.1) is 24.5 Å². The van der Waals surface area contributed by atoms with Crippen molar-refractivity contribution in [2.75, 3.05) is 17.5 Å². The second-order valence-corrected chi connectivity index (χ2v) is 7.75. The number of hydrogen-bond donors (Lipinski definition) is 3. The molecule has 0 heterocycles. The summed E-state index contributed by atoms with van der Waals surface area (Å²) >= 11 is 0. The van der Waals surface area contributed by atoms with Crippen molar-refractivity contribution >= 4 is 21.7 Å². The fraction of sp³-hybridized carbons (Fsp3) is 0.316. The maximum atomic E-state index is 11.5. The van der Waals surface area contributed by atoms with E-state index in [0.717, 1.165) is 23.9 Å². The lowest BCUT2D eigenvalue weighted by Gasteiger charge is -2.18. The fourth-order valence-corrected chi connectivity index (χ4v) is 3.07. The zero-order chi connectivity index (χ0) is 19.0. The topological polar surface area (TPSA) is 82.6 Å². The van der Waals surface area contributed by atoms with Crippen LogP contribution < -0.4 is 15.4 Å². The van der Waals surface area contributed by atoms with Gasteiger partial charge in [-0.2, -0.15) is 0 Å². The number of para-hydroxylation sites is 1. The minimum Gasteiger partial charge on any atom is -0.357 e. The molecule has 140 valence electrons.